The number of alkyl halides is 3. The second-order valence-corrected chi connectivity index (χ2v) is 3.22. The summed E-state index contributed by atoms with van der Waals surface area (Å²) >= 11 is 0. The number of rotatable bonds is 2. The number of carboxylic acids is 1. The molecule has 0 bridgehead atoms. The standard InChI is InChI=1S/C10H9F3O2/c1-6-2-3-7(5-9(14)15)4-8(6)10(11,12)13/h2-4H,5H2,1H3,(H,14,15). The predicted octanol–water partition coefficient (Wildman–Crippen LogP) is 2.64. The van der Waals surface area contributed by atoms with E-state index < -0.39 is 24.1 Å². The number of benzene rings is 1. The van der Waals surface area contributed by atoms with E-state index in [-0.39, 0.29) is 11.1 Å². The smallest absolute Gasteiger partial charge is 0.416 e. The minimum atomic E-state index is -4.43. The van der Waals surface area contributed by atoms with Crippen molar-refractivity contribution in [3.8, 4) is 0 Å². The number of halogens is 3. The Morgan fingerprint density at radius 1 is 1.40 bits per heavy atom. The Hall–Kier alpha value is -1.52. The second-order valence-electron chi connectivity index (χ2n) is 3.22. The summed E-state index contributed by atoms with van der Waals surface area (Å²) in [4.78, 5) is 10.3. The van der Waals surface area contributed by atoms with Gasteiger partial charge in [-0.2, -0.15) is 13.2 Å². The summed E-state index contributed by atoms with van der Waals surface area (Å²) in [6.45, 7) is 1.34. The molecule has 0 saturated carbocycles. The molecule has 0 fully saturated rings. The lowest BCUT2D eigenvalue weighted by molar-refractivity contribution is -0.139. The Bertz CT molecular complexity index is 383. The van der Waals surface area contributed by atoms with Gasteiger partial charge in [0, 0.05) is 0 Å². The van der Waals surface area contributed by atoms with Crippen molar-refractivity contribution < 1.29 is 23.1 Å². The quantitative estimate of drug-likeness (QED) is 0.828. The van der Waals surface area contributed by atoms with Crippen molar-refractivity contribution in [1.29, 1.82) is 0 Å². The van der Waals surface area contributed by atoms with Crippen molar-refractivity contribution in [3.05, 3.63) is 34.9 Å². The first-order valence-corrected chi connectivity index (χ1v) is 4.19. The Kier molecular flexibility index (Phi) is 3.02. The van der Waals surface area contributed by atoms with Gasteiger partial charge in [0.15, 0.2) is 0 Å². The van der Waals surface area contributed by atoms with Crippen molar-refractivity contribution in [2.24, 2.45) is 0 Å². The lowest BCUT2D eigenvalue weighted by Gasteiger charge is -2.11. The lowest BCUT2D eigenvalue weighted by Crippen LogP contribution is -2.09. The highest BCUT2D eigenvalue weighted by molar-refractivity contribution is 5.70. The highest BCUT2D eigenvalue weighted by Crippen LogP contribution is 2.32. The summed E-state index contributed by atoms with van der Waals surface area (Å²) in [7, 11) is 0. The first-order chi connectivity index (χ1) is 6.80. The highest BCUT2D eigenvalue weighted by atomic mass is 19.4. The fourth-order valence-electron chi connectivity index (χ4n) is 1.26. The Balaban J connectivity index is 3.11. The molecule has 0 heterocycles. The van der Waals surface area contributed by atoms with Crippen LogP contribution in [0, 0.1) is 6.92 Å². The Morgan fingerprint density at radius 3 is 2.47 bits per heavy atom. The van der Waals surface area contributed by atoms with Gasteiger partial charge in [-0.1, -0.05) is 12.1 Å². The zero-order chi connectivity index (χ0) is 11.6. The van der Waals surface area contributed by atoms with Crippen LogP contribution in [-0.2, 0) is 17.4 Å². The van der Waals surface area contributed by atoms with E-state index in [0.29, 0.717) is 0 Å². The van der Waals surface area contributed by atoms with Gasteiger partial charge in [0.1, 0.15) is 0 Å². The van der Waals surface area contributed by atoms with Gasteiger partial charge in [0.2, 0.25) is 0 Å². The number of carboxylic acid groups (broad SMARTS) is 1. The molecule has 0 amide bonds. The van der Waals surface area contributed by atoms with Crippen LogP contribution in [0.15, 0.2) is 18.2 Å². The van der Waals surface area contributed by atoms with Crippen LogP contribution in [0.4, 0.5) is 13.2 Å². The van der Waals surface area contributed by atoms with Crippen LogP contribution in [-0.4, -0.2) is 11.1 Å². The van der Waals surface area contributed by atoms with Crippen LogP contribution >= 0.6 is 0 Å². The molecular formula is C10H9F3O2. The van der Waals surface area contributed by atoms with Crippen molar-refractivity contribution in [3.63, 3.8) is 0 Å². The second kappa shape index (κ2) is 3.92. The minimum Gasteiger partial charge on any atom is -0.481 e. The number of hydrogen-bond acceptors (Lipinski definition) is 1. The van der Waals surface area contributed by atoms with Crippen LogP contribution in [0.3, 0.4) is 0 Å². The molecule has 15 heavy (non-hydrogen) atoms. The molecule has 2 nitrogen and oxygen atoms in total. The minimum absolute atomic E-state index is 0.0941. The fraction of sp³-hybridized carbons (Fsp3) is 0.300. The summed E-state index contributed by atoms with van der Waals surface area (Å²) in [5, 5.41) is 8.45. The molecule has 1 rings (SSSR count). The van der Waals surface area contributed by atoms with E-state index in [1.807, 2.05) is 0 Å². The van der Waals surface area contributed by atoms with Gasteiger partial charge in [-0.05, 0) is 24.1 Å². The topological polar surface area (TPSA) is 37.3 Å². The number of carbonyl (C=O) groups is 1. The maximum absolute atomic E-state index is 12.4. The van der Waals surface area contributed by atoms with E-state index >= 15 is 0 Å². The molecule has 1 aromatic carbocycles. The molecule has 0 atom stereocenters. The van der Waals surface area contributed by atoms with E-state index in [4.69, 9.17) is 5.11 Å². The molecule has 82 valence electrons. The molecular weight excluding hydrogens is 209 g/mol. The van der Waals surface area contributed by atoms with Gasteiger partial charge in [-0.25, -0.2) is 0 Å². The third kappa shape index (κ3) is 2.97. The van der Waals surface area contributed by atoms with Gasteiger partial charge in [-0.15, -0.1) is 0 Å². The maximum atomic E-state index is 12.4. The number of hydrogen-bond donors (Lipinski definition) is 1. The molecule has 1 N–H and O–H groups in total. The van der Waals surface area contributed by atoms with Crippen molar-refractivity contribution in [2.75, 3.05) is 0 Å². The first kappa shape index (κ1) is 11.6. The van der Waals surface area contributed by atoms with Crippen LogP contribution in [0.25, 0.3) is 0 Å². The summed E-state index contributed by atoms with van der Waals surface area (Å²) in [5.41, 5.74) is -0.529. The van der Waals surface area contributed by atoms with Crippen LogP contribution in [0.5, 0.6) is 0 Å². The zero-order valence-electron chi connectivity index (χ0n) is 7.93. The Morgan fingerprint density at radius 2 is 2.00 bits per heavy atom. The van der Waals surface area contributed by atoms with Crippen LogP contribution in [0.2, 0.25) is 0 Å². The number of aryl methyl sites for hydroxylation is 1. The molecule has 1 aromatic rings. The van der Waals surface area contributed by atoms with Gasteiger partial charge in [-0.3, -0.25) is 4.79 Å². The monoisotopic (exact) mass is 218 g/mol. The summed E-state index contributed by atoms with van der Waals surface area (Å²) < 4.78 is 37.3. The largest absolute Gasteiger partial charge is 0.481 e. The first-order valence-electron chi connectivity index (χ1n) is 4.19. The van der Waals surface area contributed by atoms with Crippen LogP contribution in [0.1, 0.15) is 16.7 Å². The zero-order valence-corrected chi connectivity index (χ0v) is 7.93. The molecule has 0 aromatic heterocycles. The van der Waals surface area contributed by atoms with Gasteiger partial charge in [0.25, 0.3) is 0 Å². The van der Waals surface area contributed by atoms with Gasteiger partial charge < -0.3 is 5.11 Å². The third-order valence-electron chi connectivity index (χ3n) is 1.96. The van der Waals surface area contributed by atoms with Crippen molar-refractivity contribution in [1.82, 2.24) is 0 Å². The summed E-state index contributed by atoms with van der Waals surface area (Å²) in [6.07, 6.45) is -4.83. The molecule has 0 aliphatic heterocycles. The average molecular weight is 218 g/mol. The summed E-state index contributed by atoms with van der Waals surface area (Å²) in [6, 6.07) is 3.54. The van der Waals surface area contributed by atoms with E-state index in [1.165, 1.54) is 19.1 Å². The number of aliphatic carboxylic acids is 1. The van der Waals surface area contributed by atoms with Crippen LogP contribution < -0.4 is 0 Å². The highest BCUT2D eigenvalue weighted by Gasteiger charge is 2.32. The molecule has 0 unspecified atom stereocenters. The summed E-state index contributed by atoms with van der Waals surface area (Å²) in [5.74, 6) is -1.15. The fourth-order valence-corrected chi connectivity index (χ4v) is 1.26. The van der Waals surface area contributed by atoms with Crippen molar-refractivity contribution in [2.45, 2.75) is 19.5 Å². The normalized spacial score (nSPS) is 11.5. The third-order valence-corrected chi connectivity index (χ3v) is 1.96. The molecule has 0 radical (unpaired) electrons. The molecule has 5 heteroatoms. The van der Waals surface area contributed by atoms with E-state index in [9.17, 15) is 18.0 Å². The van der Waals surface area contributed by atoms with Crippen molar-refractivity contribution >= 4 is 5.97 Å². The van der Waals surface area contributed by atoms with Gasteiger partial charge >= 0.3 is 12.1 Å². The molecule has 0 spiro atoms. The maximum Gasteiger partial charge on any atom is 0.416 e. The van der Waals surface area contributed by atoms with E-state index in [1.54, 1.807) is 0 Å². The van der Waals surface area contributed by atoms with E-state index in [0.717, 1.165) is 6.07 Å². The SMILES string of the molecule is Cc1ccc(CC(=O)O)cc1C(F)(F)F. The molecule has 0 aliphatic rings. The molecule has 0 saturated heterocycles. The van der Waals surface area contributed by atoms with Gasteiger partial charge in [0.05, 0.1) is 12.0 Å². The Labute approximate surface area is 84.3 Å². The predicted molar refractivity (Wildman–Crippen MR) is 47.5 cm³/mol. The molecule has 0 aliphatic carbocycles. The lowest BCUT2D eigenvalue weighted by atomic mass is 10.0. The average Bonchev–Trinajstić information content (AvgIpc) is 2.05. The van der Waals surface area contributed by atoms with E-state index in [2.05, 4.69) is 0 Å².